The van der Waals surface area contributed by atoms with Crippen molar-refractivity contribution >= 4 is 57.6 Å². The van der Waals surface area contributed by atoms with E-state index >= 15 is 0 Å². The van der Waals surface area contributed by atoms with Crippen LogP contribution in [0.15, 0.2) is 81.7 Å². The van der Waals surface area contributed by atoms with Crippen LogP contribution in [-0.2, 0) is 16.1 Å². The number of rotatable bonds is 9. The smallest absolute Gasteiger partial charge is 0.338 e. The van der Waals surface area contributed by atoms with Gasteiger partial charge in [0.1, 0.15) is 6.61 Å². The molecule has 0 N–H and O–H groups in total. The minimum absolute atomic E-state index is 0.222. The molecule has 0 radical (unpaired) electrons. The van der Waals surface area contributed by atoms with Crippen LogP contribution in [0, 0.1) is 10.5 Å². The Labute approximate surface area is 272 Å². The molecule has 222 valence electrons. The molecule has 1 atom stereocenters. The lowest BCUT2D eigenvalue weighted by molar-refractivity contribution is -0.139. The van der Waals surface area contributed by atoms with Crippen molar-refractivity contribution in [3.05, 3.63) is 122 Å². The average Bonchev–Trinajstić information content (AvgIpc) is 3.27. The van der Waals surface area contributed by atoms with Gasteiger partial charge in [0.2, 0.25) is 0 Å². The molecule has 0 aliphatic carbocycles. The fourth-order valence-corrected chi connectivity index (χ4v) is 6.86. The molecule has 0 unspecified atom stereocenters. The molecule has 43 heavy (non-hydrogen) atoms. The molecule has 0 fully saturated rings. The van der Waals surface area contributed by atoms with Crippen molar-refractivity contribution in [3.63, 3.8) is 0 Å². The van der Waals surface area contributed by atoms with E-state index in [2.05, 4.69) is 27.6 Å². The SMILES string of the molecule is CCOC(=O)C1=C(C)N=c2s/c(=C\c3cc(I)c(OCc4ccccc4Cl)c(OCC)c3)c(=O)n2[C@@H]1c1ccc(C)cc1. The van der Waals surface area contributed by atoms with Crippen molar-refractivity contribution in [3.8, 4) is 11.5 Å². The highest BCUT2D eigenvalue weighted by Crippen LogP contribution is 2.36. The number of carbonyl (C=O) groups is 1. The van der Waals surface area contributed by atoms with Gasteiger partial charge in [0.25, 0.3) is 5.56 Å². The molecule has 2 heterocycles. The lowest BCUT2D eigenvalue weighted by Gasteiger charge is -2.24. The number of aryl methyl sites for hydroxylation is 1. The number of hydrogen-bond acceptors (Lipinski definition) is 7. The zero-order valence-corrected chi connectivity index (χ0v) is 27.9. The summed E-state index contributed by atoms with van der Waals surface area (Å²) in [4.78, 5) is 32.3. The number of benzene rings is 3. The highest BCUT2D eigenvalue weighted by molar-refractivity contribution is 14.1. The van der Waals surface area contributed by atoms with E-state index in [1.807, 2.05) is 80.6 Å². The second-order valence-corrected chi connectivity index (χ2v) is 12.4. The van der Waals surface area contributed by atoms with E-state index in [1.165, 1.54) is 11.3 Å². The molecule has 0 amide bonds. The number of thiazole rings is 1. The maximum Gasteiger partial charge on any atom is 0.338 e. The monoisotopic (exact) mass is 728 g/mol. The summed E-state index contributed by atoms with van der Waals surface area (Å²) in [5, 5.41) is 0.632. The lowest BCUT2D eigenvalue weighted by atomic mass is 9.95. The van der Waals surface area contributed by atoms with Gasteiger partial charge in [-0.1, -0.05) is 71.0 Å². The summed E-state index contributed by atoms with van der Waals surface area (Å²) in [7, 11) is 0. The van der Waals surface area contributed by atoms with Crippen LogP contribution in [0.3, 0.4) is 0 Å². The minimum atomic E-state index is -0.655. The van der Waals surface area contributed by atoms with Crippen LogP contribution in [0.5, 0.6) is 11.5 Å². The van der Waals surface area contributed by atoms with Crippen molar-refractivity contribution in [2.75, 3.05) is 13.2 Å². The summed E-state index contributed by atoms with van der Waals surface area (Å²) in [6.45, 7) is 8.39. The number of nitrogens with zero attached hydrogens (tertiary/aromatic N) is 2. The van der Waals surface area contributed by atoms with Gasteiger partial charge in [-0.05, 0) is 85.7 Å². The first-order valence-corrected chi connectivity index (χ1v) is 16.1. The normalized spacial score (nSPS) is 14.7. The maximum absolute atomic E-state index is 14.0. The Kier molecular flexibility index (Phi) is 9.73. The Morgan fingerprint density at radius 2 is 1.81 bits per heavy atom. The predicted molar refractivity (Wildman–Crippen MR) is 178 cm³/mol. The summed E-state index contributed by atoms with van der Waals surface area (Å²) in [5.74, 6) is 0.695. The molecule has 1 aliphatic heterocycles. The summed E-state index contributed by atoms with van der Waals surface area (Å²) in [6, 6.07) is 18.5. The quantitative estimate of drug-likeness (QED) is 0.149. The number of hydrogen-bond donors (Lipinski definition) is 0. The van der Waals surface area contributed by atoms with Crippen molar-refractivity contribution in [1.82, 2.24) is 4.57 Å². The molecule has 0 spiro atoms. The van der Waals surface area contributed by atoms with Gasteiger partial charge in [-0.25, -0.2) is 9.79 Å². The third-order valence-corrected chi connectivity index (χ3v) is 9.02. The number of fused-ring (bicyclic) bond motifs is 1. The van der Waals surface area contributed by atoms with Gasteiger partial charge in [-0.3, -0.25) is 9.36 Å². The van der Waals surface area contributed by atoms with Crippen molar-refractivity contribution in [2.45, 2.75) is 40.3 Å². The van der Waals surface area contributed by atoms with Gasteiger partial charge >= 0.3 is 5.97 Å². The fraction of sp³-hybridized carbons (Fsp3) is 0.242. The maximum atomic E-state index is 14.0. The summed E-state index contributed by atoms with van der Waals surface area (Å²) < 4.78 is 20.4. The Hall–Kier alpha value is -3.41. The molecule has 1 aliphatic rings. The van der Waals surface area contributed by atoms with Crippen LogP contribution in [0.25, 0.3) is 6.08 Å². The van der Waals surface area contributed by atoms with Crippen molar-refractivity contribution < 1.29 is 19.0 Å². The van der Waals surface area contributed by atoms with E-state index in [4.69, 9.17) is 25.8 Å². The van der Waals surface area contributed by atoms with E-state index in [1.54, 1.807) is 18.4 Å². The molecule has 1 aromatic heterocycles. The van der Waals surface area contributed by atoms with Crippen molar-refractivity contribution in [1.29, 1.82) is 0 Å². The number of halogens is 2. The highest BCUT2D eigenvalue weighted by atomic mass is 127. The van der Waals surface area contributed by atoms with Crippen LogP contribution in [0.1, 0.15) is 49.1 Å². The molecule has 0 saturated heterocycles. The van der Waals surface area contributed by atoms with Gasteiger partial charge in [-0.2, -0.15) is 0 Å². The standard InChI is InChI=1S/C33H30ClIN2O5S/c1-5-40-26-16-21(15-25(35)30(26)42-18-23-9-7-8-10-24(23)34)17-27-31(38)37-29(22-13-11-19(3)12-14-22)28(32(39)41-6-2)20(4)36-33(37)43-27/h7-17,29H,5-6,18H2,1-4H3/b27-17-/t29-/m1/s1. The van der Waals surface area contributed by atoms with Crippen LogP contribution >= 0.6 is 45.5 Å². The zero-order valence-electron chi connectivity index (χ0n) is 24.1. The molecule has 0 saturated carbocycles. The van der Waals surface area contributed by atoms with E-state index in [9.17, 15) is 9.59 Å². The number of aromatic nitrogens is 1. The van der Waals surface area contributed by atoms with Gasteiger partial charge < -0.3 is 14.2 Å². The number of ether oxygens (including phenoxy) is 3. The van der Waals surface area contributed by atoms with Crippen LogP contribution in [0.4, 0.5) is 0 Å². The van der Waals surface area contributed by atoms with Crippen LogP contribution < -0.4 is 24.4 Å². The highest BCUT2D eigenvalue weighted by Gasteiger charge is 2.33. The Bertz CT molecular complexity index is 1900. The number of carbonyl (C=O) groups excluding carboxylic acids is 1. The Morgan fingerprint density at radius 3 is 2.51 bits per heavy atom. The average molecular weight is 729 g/mol. The molecule has 0 bridgehead atoms. The van der Waals surface area contributed by atoms with Gasteiger partial charge in [0, 0.05) is 10.6 Å². The Morgan fingerprint density at radius 1 is 1.07 bits per heavy atom. The first-order valence-electron chi connectivity index (χ1n) is 13.8. The third kappa shape index (κ3) is 6.58. The molecule has 10 heteroatoms. The molecular weight excluding hydrogens is 699 g/mol. The zero-order chi connectivity index (χ0) is 30.7. The third-order valence-electron chi connectivity index (χ3n) is 6.87. The number of allylic oxidation sites excluding steroid dienone is 1. The predicted octanol–water partition coefficient (Wildman–Crippen LogP) is 6.34. The number of esters is 1. The van der Waals surface area contributed by atoms with Crippen molar-refractivity contribution in [2.24, 2.45) is 4.99 Å². The van der Waals surface area contributed by atoms with E-state index in [0.29, 0.717) is 43.7 Å². The van der Waals surface area contributed by atoms with Crippen LogP contribution in [-0.4, -0.2) is 23.8 Å². The van der Waals surface area contributed by atoms with Crippen LogP contribution in [0.2, 0.25) is 5.02 Å². The summed E-state index contributed by atoms with van der Waals surface area (Å²) >= 11 is 9.82. The first-order chi connectivity index (χ1) is 20.7. The minimum Gasteiger partial charge on any atom is -0.490 e. The first kappa shape index (κ1) is 31.0. The molecule has 5 rings (SSSR count). The topological polar surface area (TPSA) is 79.1 Å². The fourth-order valence-electron chi connectivity index (χ4n) is 4.85. The lowest BCUT2D eigenvalue weighted by Crippen LogP contribution is -2.39. The summed E-state index contributed by atoms with van der Waals surface area (Å²) in [6.07, 6.45) is 1.82. The van der Waals surface area contributed by atoms with E-state index < -0.39 is 12.0 Å². The molecule has 3 aromatic carbocycles. The largest absolute Gasteiger partial charge is 0.490 e. The molecule has 4 aromatic rings. The van der Waals surface area contributed by atoms with Gasteiger partial charge in [0.05, 0.1) is 38.6 Å². The molecule has 7 nitrogen and oxygen atoms in total. The van der Waals surface area contributed by atoms with Gasteiger partial charge in [0.15, 0.2) is 16.3 Å². The Balaban J connectivity index is 1.59. The van der Waals surface area contributed by atoms with E-state index in [-0.39, 0.29) is 18.8 Å². The van der Waals surface area contributed by atoms with Gasteiger partial charge in [-0.15, -0.1) is 0 Å². The second-order valence-electron chi connectivity index (χ2n) is 9.86. The van der Waals surface area contributed by atoms with E-state index in [0.717, 1.165) is 25.8 Å². The molecular formula is C33H30ClIN2O5S. The second kappa shape index (κ2) is 13.5. The summed E-state index contributed by atoms with van der Waals surface area (Å²) in [5.41, 5.74) is 4.18.